The molecule has 1 amide bonds. The Labute approximate surface area is 157 Å². The predicted molar refractivity (Wildman–Crippen MR) is 98.4 cm³/mol. The number of amides is 1. The molecule has 3 aromatic rings. The van der Waals surface area contributed by atoms with Gasteiger partial charge in [0.2, 0.25) is 5.91 Å². The average molecular weight is 394 g/mol. The first-order valence-corrected chi connectivity index (χ1v) is 9.53. The van der Waals surface area contributed by atoms with Crippen molar-refractivity contribution in [1.29, 1.82) is 0 Å². The summed E-state index contributed by atoms with van der Waals surface area (Å²) in [5, 5.41) is 13.0. The molecular weight excluding hydrogens is 378 g/mol. The van der Waals surface area contributed by atoms with E-state index in [1.165, 1.54) is 22.7 Å². The number of hydrogen-bond donors (Lipinski definition) is 1. The van der Waals surface area contributed by atoms with Crippen molar-refractivity contribution in [3.8, 4) is 0 Å². The number of anilines is 1. The molecule has 5 nitrogen and oxygen atoms in total. The van der Waals surface area contributed by atoms with Gasteiger partial charge in [-0.15, -0.1) is 21.5 Å². The number of hydrogen-bond acceptors (Lipinski definition) is 5. The summed E-state index contributed by atoms with van der Waals surface area (Å²) in [6.07, 6.45) is 0.678. The summed E-state index contributed by atoms with van der Waals surface area (Å²) in [6, 6.07) is 7.25. The zero-order valence-corrected chi connectivity index (χ0v) is 15.7. The van der Waals surface area contributed by atoms with E-state index in [4.69, 9.17) is 0 Å². The Morgan fingerprint density at radius 3 is 2.81 bits per heavy atom. The van der Waals surface area contributed by atoms with Crippen LogP contribution in [-0.2, 0) is 18.3 Å². The van der Waals surface area contributed by atoms with Crippen LogP contribution in [0.15, 0.2) is 40.9 Å². The predicted octanol–water partition coefficient (Wildman–Crippen LogP) is 3.86. The molecule has 0 saturated carbocycles. The Kier molecular flexibility index (Phi) is 5.67. The molecule has 1 N–H and O–H groups in total. The molecular formula is C17H16F2N4OS2. The molecule has 0 radical (unpaired) electrons. The van der Waals surface area contributed by atoms with Crippen molar-refractivity contribution < 1.29 is 13.6 Å². The lowest BCUT2D eigenvalue weighted by molar-refractivity contribution is -0.115. The SMILES string of the molecule is C[C@@H](Sc1nnc(Cc2cccs2)n1C)C(=O)Nc1ccc(F)c(F)c1. The van der Waals surface area contributed by atoms with Gasteiger partial charge in [-0.05, 0) is 30.5 Å². The van der Waals surface area contributed by atoms with Crippen LogP contribution in [0.3, 0.4) is 0 Å². The van der Waals surface area contributed by atoms with E-state index in [-0.39, 0.29) is 11.6 Å². The third kappa shape index (κ3) is 4.28. The number of aromatic nitrogens is 3. The van der Waals surface area contributed by atoms with Crippen molar-refractivity contribution >= 4 is 34.7 Å². The van der Waals surface area contributed by atoms with E-state index in [0.29, 0.717) is 11.6 Å². The molecule has 3 rings (SSSR count). The van der Waals surface area contributed by atoms with E-state index in [2.05, 4.69) is 15.5 Å². The summed E-state index contributed by atoms with van der Waals surface area (Å²) in [7, 11) is 1.85. The van der Waals surface area contributed by atoms with Gasteiger partial charge in [0.1, 0.15) is 5.82 Å². The van der Waals surface area contributed by atoms with Crippen LogP contribution in [0, 0.1) is 11.6 Å². The largest absolute Gasteiger partial charge is 0.325 e. The van der Waals surface area contributed by atoms with Crippen LogP contribution in [0.1, 0.15) is 17.6 Å². The fraction of sp³-hybridized carbons (Fsp3) is 0.235. The zero-order valence-electron chi connectivity index (χ0n) is 14.1. The number of carbonyl (C=O) groups excluding carboxylic acids is 1. The molecule has 0 aliphatic rings. The summed E-state index contributed by atoms with van der Waals surface area (Å²) >= 11 is 2.90. The van der Waals surface area contributed by atoms with Crippen LogP contribution in [-0.4, -0.2) is 25.9 Å². The van der Waals surface area contributed by atoms with Crippen LogP contribution >= 0.6 is 23.1 Å². The Hall–Kier alpha value is -2.26. The normalized spacial score (nSPS) is 12.2. The summed E-state index contributed by atoms with van der Waals surface area (Å²) in [5.74, 6) is -1.48. The van der Waals surface area contributed by atoms with Crippen molar-refractivity contribution in [1.82, 2.24) is 14.8 Å². The molecule has 1 atom stereocenters. The highest BCUT2D eigenvalue weighted by atomic mass is 32.2. The summed E-state index contributed by atoms with van der Waals surface area (Å²) in [4.78, 5) is 13.5. The molecule has 0 fully saturated rings. The Bertz CT molecular complexity index is 912. The molecule has 0 aliphatic heterocycles. The maximum atomic E-state index is 13.2. The number of carbonyl (C=O) groups is 1. The topological polar surface area (TPSA) is 59.8 Å². The van der Waals surface area contributed by atoms with Gasteiger partial charge in [0.15, 0.2) is 16.8 Å². The first-order valence-electron chi connectivity index (χ1n) is 7.77. The van der Waals surface area contributed by atoms with Gasteiger partial charge >= 0.3 is 0 Å². The van der Waals surface area contributed by atoms with E-state index in [1.807, 2.05) is 29.1 Å². The standard InChI is InChI=1S/C17H16F2N4OS2/c1-10(16(24)20-11-5-6-13(18)14(19)8-11)26-17-22-21-15(23(17)2)9-12-4-3-7-25-12/h3-8,10H,9H2,1-2H3,(H,20,24)/t10-/m1/s1. The third-order valence-electron chi connectivity index (χ3n) is 3.68. The molecule has 2 heterocycles. The molecule has 136 valence electrons. The number of nitrogens with zero attached hydrogens (tertiary/aromatic N) is 3. The highest BCUT2D eigenvalue weighted by Crippen LogP contribution is 2.24. The first-order chi connectivity index (χ1) is 12.4. The molecule has 0 bridgehead atoms. The number of halogens is 2. The smallest absolute Gasteiger partial charge is 0.237 e. The van der Waals surface area contributed by atoms with E-state index in [0.717, 1.165) is 18.0 Å². The lowest BCUT2D eigenvalue weighted by Crippen LogP contribution is -2.23. The maximum absolute atomic E-state index is 13.2. The van der Waals surface area contributed by atoms with Gasteiger partial charge in [0.25, 0.3) is 0 Å². The van der Waals surface area contributed by atoms with E-state index < -0.39 is 16.9 Å². The summed E-state index contributed by atoms with van der Waals surface area (Å²) in [5.41, 5.74) is 0.206. The molecule has 1 aromatic carbocycles. The van der Waals surface area contributed by atoms with Gasteiger partial charge in [-0.3, -0.25) is 4.79 Å². The van der Waals surface area contributed by atoms with E-state index in [9.17, 15) is 13.6 Å². The van der Waals surface area contributed by atoms with Crippen LogP contribution in [0.25, 0.3) is 0 Å². The molecule has 0 unspecified atom stereocenters. The minimum absolute atomic E-state index is 0.206. The minimum atomic E-state index is -1.00. The van der Waals surface area contributed by atoms with Crippen molar-refractivity contribution in [3.63, 3.8) is 0 Å². The monoisotopic (exact) mass is 394 g/mol. The van der Waals surface area contributed by atoms with E-state index in [1.54, 1.807) is 18.3 Å². The number of nitrogens with one attached hydrogen (secondary N) is 1. The van der Waals surface area contributed by atoms with Crippen molar-refractivity contribution in [2.75, 3.05) is 5.32 Å². The van der Waals surface area contributed by atoms with Crippen molar-refractivity contribution in [2.24, 2.45) is 7.05 Å². The lowest BCUT2D eigenvalue weighted by Gasteiger charge is -2.12. The average Bonchev–Trinajstić information content (AvgIpc) is 3.23. The number of benzene rings is 1. The van der Waals surface area contributed by atoms with Crippen LogP contribution < -0.4 is 5.32 Å². The van der Waals surface area contributed by atoms with Crippen molar-refractivity contribution in [2.45, 2.75) is 23.8 Å². The molecule has 0 saturated heterocycles. The zero-order chi connectivity index (χ0) is 18.7. The number of rotatable bonds is 6. The molecule has 0 aliphatic carbocycles. The fourth-order valence-corrected chi connectivity index (χ4v) is 3.74. The highest BCUT2D eigenvalue weighted by molar-refractivity contribution is 8.00. The molecule has 9 heteroatoms. The van der Waals surface area contributed by atoms with Gasteiger partial charge in [0.05, 0.1) is 5.25 Å². The molecule has 0 spiro atoms. The Morgan fingerprint density at radius 1 is 1.31 bits per heavy atom. The van der Waals surface area contributed by atoms with Gasteiger partial charge in [-0.25, -0.2) is 8.78 Å². The lowest BCUT2D eigenvalue weighted by atomic mass is 10.3. The van der Waals surface area contributed by atoms with Gasteiger partial charge < -0.3 is 9.88 Å². The Balaban J connectivity index is 1.63. The van der Waals surface area contributed by atoms with E-state index >= 15 is 0 Å². The quantitative estimate of drug-likeness (QED) is 0.645. The van der Waals surface area contributed by atoms with Gasteiger partial charge in [0, 0.05) is 30.1 Å². The Morgan fingerprint density at radius 2 is 2.12 bits per heavy atom. The van der Waals surface area contributed by atoms with Crippen LogP contribution in [0.5, 0.6) is 0 Å². The number of thiophene rings is 1. The number of thioether (sulfide) groups is 1. The van der Waals surface area contributed by atoms with Crippen molar-refractivity contribution in [3.05, 3.63) is 58.0 Å². The fourth-order valence-electron chi connectivity index (χ4n) is 2.20. The van der Waals surface area contributed by atoms with Crippen LogP contribution in [0.4, 0.5) is 14.5 Å². The summed E-state index contributed by atoms with van der Waals surface area (Å²) in [6.45, 7) is 1.72. The summed E-state index contributed by atoms with van der Waals surface area (Å²) < 4.78 is 28.0. The minimum Gasteiger partial charge on any atom is -0.325 e. The first kappa shape index (κ1) is 18.5. The van der Waals surface area contributed by atoms with Gasteiger partial charge in [-0.1, -0.05) is 17.8 Å². The molecule has 2 aromatic heterocycles. The maximum Gasteiger partial charge on any atom is 0.237 e. The highest BCUT2D eigenvalue weighted by Gasteiger charge is 2.19. The third-order valence-corrected chi connectivity index (χ3v) is 5.69. The van der Waals surface area contributed by atoms with Gasteiger partial charge in [-0.2, -0.15) is 0 Å². The second kappa shape index (κ2) is 7.96. The van der Waals surface area contributed by atoms with Crippen LogP contribution in [0.2, 0.25) is 0 Å². The second-order valence-electron chi connectivity index (χ2n) is 5.59. The second-order valence-corrected chi connectivity index (χ2v) is 7.93. The molecule has 26 heavy (non-hydrogen) atoms.